The van der Waals surface area contributed by atoms with Gasteiger partial charge in [-0.25, -0.2) is 4.98 Å². The summed E-state index contributed by atoms with van der Waals surface area (Å²) in [7, 11) is 0. The normalized spacial score (nSPS) is 18.5. The highest BCUT2D eigenvalue weighted by molar-refractivity contribution is 9.10. The van der Waals surface area contributed by atoms with E-state index in [1.807, 2.05) is 17.9 Å². The third-order valence-electron chi connectivity index (χ3n) is 3.46. The van der Waals surface area contributed by atoms with Gasteiger partial charge in [0.25, 0.3) is 5.91 Å². The third kappa shape index (κ3) is 2.47. The zero-order valence-corrected chi connectivity index (χ0v) is 12.6. The fraction of sp³-hybridized carbons (Fsp3) is 0.357. The molecule has 6 heteroatoms. The third-order valence-corrected chi connectivity index (χ3v) is 3.93. The molecule has 2 aromatic heterocycles. The molecule has 1 aliphatic rings. The van der Waals surface area contributed by atoms with Crippen molar-refractivity contribution in [3.63, 3.8) is 0 Å². The van der Waals surface area contributed by atoms with Gasteiger partial charge >= 0.3 is 0 Å². The maximum absolute atomic E-state index is 12.6. The van der Waals surface area contributed by atoms with Gasteiger partial charge in [-0.15, -0.1) is 0 Å². The van der Waals surface area contributed by atoms with Crippen LogP contribution in [0.1, 0.15) is 40.7 Å². The van der Waals surface area contributed by atoms with Crippen molar-refractivity contribution in [1.29, 1.82) is 0 Å². The monoisotopic (exact) mass is 335 g/mol. The zero-order valence-electron chi connectivity index (χ0n) is 11.0. The summed E-state index contributed by atoms with van der Waals surface area (Å²) < 4.78 is 6.04. The molecule has 0 radical (unpaired) electrons. The van der Waals surface area contributed by atoms with Crippen molar-refractivity contribution in [2.75, 3.05) is 6.54 Å². The summed E-state index contributed by atoms with van der Waals surface area (Å²) in [6.45, 7) is 2.62. The zero-order chi connectivity index (χ0) is 14.1. The van der Waals surface area contributed by atoms with E-state index in [2.05, 4.69) is 26.1 Å². The van der Waals surface area contributed by atoms with E-state index >= 15 is 0 Å². The van der Waals surface area contributed by atoms with E-state index in [-0.39, 0.29) is 11.9 Å². The number of hydrogen-bond donors (Lipinski definition) is 0. The molecule has 3 heterocycles. The summed E-state index contributed by atoms with van der Waals surface area (Å²) in [6.07, 6.45) is 3.47. The lowest BCUT2D eigenvalue weighted by atomic mass is 10.1. The van der Waals surface area contributed by atoms with Crippen LogP contribution in [0.2, 0.25) is 0 Å². The van der Waals surface area contributed by atoms with Crippen LogP contribution in [0.25, 0.3) is 0 Å². The van der Waals surface area contributed by atoms with Crippen LogP contribution in [0.5, 0.6) is 0 Å². The Balaban J connectivity index is 1.85. The minimum absolute atomic E-state index is 0.0125. The van der Waals surface area contributed by atoms with Crippen LogP contribution in [-0.4, -0.2) is 27.5 Å². The number of aryl methyl sites for hydroxylation is 1. The van der Waals surface area contributed by atoms with Gasteiger partial charge in [0.2, 0.25) is 0 Å². The van der Waals surface area contributed by atoms with Crippen molar-refractivity contribution in [2.45, 2.75) is 25.8 Å². The van der Waals surface area contributed by atoms with Crippen LogP contribution in [0.15, 0.2) is 33.5 Å². The lowest BCUT2D eigenvalue weighted by molar-refractivity contribution is 0.0714. The van der Waals surface area contributed by atoms with Gasteiger partial charge in [0.05, 0.1) is 17.3 Å². The van der Waals surface area contributed by atoms with Gasteiger partial charge < -0.3 is 9.42 Å². The number of aromatic nitrogens is 2. The van der Waals surface area contributed by atoms with Crippen molar-refractivity contribution in [1.82, 2.24) is 15.0 Å². The summed E-state index contributed by atoms with van der Waals surface area (Å²) in [5, 5.41) is 3.91. The van der Waals surface area contributed by atoms with Gasteiger partial charge in [-0.05, 0) is 47.8 Å². The molecule has 20 heavy (non-hydrogen) atoms. The van der Waals surface area contributed by atoms with E-state index < -0.39 is 0 Å². The lowest BCUT2D eigenvalue weighted by Crippen LogP contribution is -2.30. The van der Waals surface area contributed by atoms with E-state index in [0.717, 1.165) is 35.4 Å². The van der Waals surface area contributed by atoms with E-state index in [0.29, 0.717) is 5.56 Å². The molecular weight excluding hydrogens is 322 g/mol. The second kappa shape index (κ2) is 5.36. The minimum Gasteiger partial charge on any atom is -0.359 e. The average molecular weight is 336 g/mol. The molecule has 1 fully saturated rings. The SMILES string of the molecule is Cc1cc(C2CCCN2C(=O)c2ccc(Br)nc2)on1. The Labute approximate surface area is 125 Å². The molecule has 0 N–H and O–H groups in total. The molecule has 5 nitrogen and oxygen atoms in total. The standard InChI is InChI=1S/C14H14BrN3O2/c1-9-7-12(20-17-9)11-3-2-6-18(11)14(19)10-4-5-13(15)16-8-10/h4-5,7-8,11H,2-3,6H2,1H3. The van der Waals surface area contributed by atoms with Gasteiger partial charge in [-0.3, -0.25) is 4.79 Å². The number of hydrogen-bond acceptors (Lipinski definition) is 4. The summed E-state index contributed by atoms with van der Waals surface area (Å²) in [6, 6.07) is 5.43. The Morgan fingerprint density at radius 1 is 1.50 bits per heavy atom. The fourth-order valence-corrected chi connectivity index (χ4v) is 2.75. The first kappa shape index (κ1) is 13.3. The molecule has 0 saturated carbocycles. The molecule has 1 saturated heterocycles. The Hall–Kier alpha value is -1.69. The maximum atomic E-state index is 12.6. The molecule has 1 aliphatic heterocycles. The highest BCUT2D eigenvalue weighted by Crippen LogP contribution is 2.33. The van der Waals surface area contributed by atoms with E-state index in [1.54, 1.807) is 18.3 Å². The van der Waals surface area contributed by atoms with Crippen LogP contribution in [0, 0.1) is 6.92 Å². The van der Waals surface area contributed by atoms with Gasteiger partial charge in [0.15, 0.2) is 5.76 Å². The van der Waals surface area contributed by atoms with Gasteiger partial charge in [0, 0.05) is 18.8 Å². The first-order chi connectivity index (χ1) is 9.65. The van der Waals surface area contributed by atoms with Gasteiger partial charge in [-0.2, -0.15) is 0 Å². The molecule has 0 spiro atoms. The number of rotatable bonds is 2. The Morgan fingerprint density at radius 2 is 2.35 bits per heavy atom. The molecular formula is C14H14BrN3O2. The molecule has 0 bridgehead atoms. The van der Waals surface area contributed by atoms with Crippen LogP contribution in [0.3, 0.4) is 0 Å². The molecule has 1 atom stereocenters. The predicted molar refractivity (Wildman–Crippen MR) is 76.2 cm³/mol. The number of amides is 1. The number of carbonyl (C=O) groups is 1. The van der Waals surface area contributed by atoms with E-state index in [9.17, 15) is 4.79 Å². The summed E-state index contributed by atoms with van der Waals surface area (Å²) in [5.74, 6) is 0.750. The molecule has 3 rings (SSSR count). The summed E-state index contributed by atoms with van der Waals surface area (Å²) in [5.41, 5.74) is 1.43. The highest BCUT2D eigenvalue weighted by Gasteiger charge is 2.33. The maximum Gasteiger partial charge on any atom is 0.256 e. The van der Waals surface area contributed by atoms with Gasteiger partial charge in [0.1, 0.15) is 4.60 Å². The van der Waals surface area contributed by atoms with Gasteiger partial charge in [-0.1, -0.05) is 5.16 Å². The number of halogens is 1. The quantitative estimate of drug-likeness (QED) is 0.791. The first-order valence-electron chi connectivity index (χ1n) is 6.51. The molecule has 2 aromatic rings. The number of likely N-dealkylation sites (tertiary alicyclic amines) is 1. The van der Waals surface area contributed by atoms with Crippen LogP contribution in [-0.2, 0) is 0 Å². The molecule has 1 unspecified atom stereocenters. The second-order valence-electron chi connectivity index (χ2n) is 4.90. The Kier molecular flexibility index (Phi) is 3.56. The Morgan fingerprint density at radius 3 is 3.00 bits per heavy atom. The van der Waals surface area contributed by atoms with E-state index in [4.69, 9.17) is 4.52 Å². The van der Waals surface area contributed by atoms with Crippen molar-refractivity contribution in [2.24, 2.45) is 0 Å². The van der Waals surface area contributed by atoms with Crippen LogP contribution < -0.4 is 0 Å². The molecule has 104 valence electrons. The highest BCUT2D eigenvalue weighted by atomic mass is 79.9. The number of nitrogens with zero attached hydrogens (tertiary/aromatic N) is 3. The summed E-state index contributed by atoms with van der Waals surface area (Å²) >= 11 is 3.27. The van der Waals surface area contributed by atoms with Crippen LogP contribution in [0.4, 0.5) is 0 Å². The second-order valence-corrected chi connectivity index (χ2v) is 5.71. The first-order valence-corrected chi connectivity index (χ1v) is 7.30. The molecule has 0 aliphatic carbocycles. The predicted octanol–water partition coefficient (Wildman–Crippen LogP) is 3.12. The van der Waals surface area contributed by atoms with Crippen molar-refractivity contribution < 1.29 is 9.32 Å². The summed E-state index contributed by atoms with van der Waals surface area (Å²) in [4.78, 5) is 18.5. The number of pyridine rings is 1. The van der Waals surface area contributed by atoms with Crippen molar-refractivity contribution in [3.05, 3.63) is 46.0 Å². The lowest BCUT2D eigenvalue weighted by Gasteiger charge is -2.22. The smallest absolute Gasteiger partial charge is 0.256 e. The topological polar surface area (TPSA) is 59.2 Å². The number of carbonyl (C=O) groups excluding carboxylic acids is 1. The molecule has 1 amide bonds. The Bertz CT molecular complexity index is 624. The largest absolute Gasteiger partial charge is 0.359 e. The van der Waals surface area contributed by atoms with Crippen LogP contribution >= 0.6 is 15.9 Å². The van der Waals surface area contributed by atoms with Crippen molar-refractivity contribution in [3.8, 4) is 0 Å². The van der Waals surface area contributed by atoms with E-state index in [1.165, 1.54) is 0 Å². The van der Waals surface area contributed by atoms with Crippen molar-refractivity contribution >= 4 is 21.8 Å². The average Bonchev–Trinajstić information content (AvgIpc) is 3.07. The minimum atomic E-state index is -0.0210. The molecule has 0 aromatic carbocycles. The fourth-order valence-electron chi connectivity index (χ4n) is 2.51.